The molecule has 1 N–H and O–H groups in total. The lowest BCUT2D eigenvalue weighted by Gasteiger charge is -2.34. The van der Waals surface area contributed by atoms with Gasteiger partial charge in [0.05, 0.1) is 12.4 Å². The first-order valence-corrected chi connectivity index (χ1v) is 10.1. The molecule has 0 bridgehead atoms. The molecule has 9 heteroatoms. The van der Waals surface area contributed by atoms with Crippen LogP contribution in [0.15, 0.2) is 6.33 Å². The molecule has 27 heavy (non-hydrogen) atoms. The van der Waals surface area contributed by atoms with Gasteiger partial charge in [-0.2, -0.15) is 9.97 Å². The number of hydrogen-bond donors (Lipinski definition) is 1. The van der Waals surface area contributed by atoms with Crippen molar-refractivity contribution < 1.29 is 9.53 Å². The molecule has 2 aromatic heterocycles. The largest absolute Gasteiger partial charge is 0.358 e. The minimum absolute atomic E-state index is 0.0912. The summed E-state index contributed by atoms with van der Waals surface area (Å²) in [6, 6.07) is 0.174. The van der Waals surface area contributed by atoms with E-state index < -0.39 is 0 Å². The van der Waals surface area contributed by atoms with E-state index in [2.05, 4.69) is 20.4 Å². The smallest absolute Gasteiger partial charge is 0.235 e. The van der Waals surface area contributed by atoms with Crippen molar-refractivity contribution in [3.63, 3.8) is 0 Å². The molecule has 3 heterocycles. The number of hydrogen-bond acceptors (Lipinski definition) is 6. The van der Waals surface area contributed by atoms with Gasteiger partial charge in [0, 0.05) is 13.5 Å². The predicted octanol–water partition coefficient (Wildman–Crippen LogP) is 3.37. The van der Waals surface area contributed by atoms with Crippen LogP contribution in [0.4, 0.5) is 5.82 Å². The van der Waals surface area contributed by atoms with Crippen LogP contribution in [-0.4, -0.2) is 38.1 Å². The van der Waals surface area contributed by atoms with Crippen LogP contribution in [0, 0.1) is 0 Å². The maximum absolute atomic E-state index is 11.9. The van der Waals surface area contributed by atoms with Gasteiger partial charge >= 0.3 is 0 Å². The summed E-state index contributed by atoms with van der Waals surface area (Å²) in [5.74, 6) is 0.417. The Balaban J connectivity index is 1.76. The fraction of sp³-hybridized carbons (Fsp3) is 0.667. The van der Waals surface area contributed by atoms with Gasteiger partial charge in [-0.25, -0.2) is 4.98 Å². The zero-order valence-corrected chi connectivity index (χ0v) is 16.3. The number of halogens is 1. The summed E-state index contributed by atoms with van der Waals surface area (Å²) in [5.41, 5.74) is 4.21. The van der Waals surface area contributed by atoms with E-state index in [4.69, 9.17) is 16.3 Å². The van der Waals surface area contributed by atoms with Gasteiger partial charge in [-0.1, -0.05) is 19.3 Å². The molecule has 0 radical (unpaired) electrons. The Labute approximate surface area is 163 Å². The van der Waals surface area contributed by atoms with E-state index in [0.29, 0.717) is 17.0 Å². The SMILES string of the molecule is CC(=O)NN(c1nc(Cl)nc2c1ncn2C1CCCCO1)C1CCCCC1. The first kappa shape index (κ1) is 18.4. The lowest BCUT2D eigenvalue weighted by molar-refractivity contribution is -0.119. The van der Waals surface area contributed by atoms with Crippen LogP contribution < -0.4 is 10.4 Å². The van der Waals surface area contributed by atoms with Crippen LogP contribution in [0.5, 0.6) is 0 Å². The number of hydrazine groups is 1. The van der Waals surface area contributed by atoms with Gasteiger partial charge in [0.1, 0.15) is 6.23 Å². The summed E-state index contributed by atoms with van der Waals surface area (Å²) in [7, 11) is 0. The number of carbonyl (C=O) groups is 1. The summed E-state index contributed by atoms with van der Waals surface area (Å²) >= 11 is 6.27. The Kier molecular flexibility index (Phi) is 5.45. The average molecular weight is 393 g/mol. The van der Waals surface area contributed by atoms with Crippen molar-refractivity contribution in [1.29, 1.82) is 0 Å². The molecule has 0 aromatic carbocycles. The average Bonchev–Trinajstić information content (AvgIpc) is 3.10. The number of nitrogens with zero attached hydrogens (tertiary/aromatic N) is 5. The van der Waals surface area contributed by atoms with Crippen LogP contribution in [0.1, 0.15) is 64.5 Å². The third kappa shape index (κ3) is 3.87. The molecule has 146 valence electrons. The van der Waals surface area contributed by atoms with Crippen molar-refractivity contribution >= 4 is 34.5 Å². The zero-order chi connectivity index (χ0) is 18.8. The van der Waals surface area contributed by atoms with E-state index in [-0.39, 0.29) is 23.5 Å². The molecule has 2 fully saturated rings. The third-order valence-electron chi connectivity index (χ3n) is 5.29. The lowest BCUT2D eigenvalue weighted by Crippen LogP contribution is -2.49. The van der Waals surface area contributed by atoms with Crippen LogP contribution in [0.2, 0.25) is 5.28 Å². The van der Waals surface area contributed by atoms with Crippen LogP contribution in [-0.2, 0) is 9.53 Å². The van der Waals surface area contributed by atoms with Crippen LogP contribution >= 0.6 is 11.6 Å². The molecule has 1 aliphatic carbocycles. The molecule has 1 saturated heterocycles. The van der Waals surface area contributed by atoms with Crippen LogP contribution in [0.3, 0.4) is 0 Å². The van der Waals surface area contributed by atoms with E-state index in [9.17, 15) is 4.79 Å². The molecule has 1 amide bonds. The van der Waals surface area contributed by atoms with E-state index in [1.807, 2.05) is 9.58 Å². The fourth-order valence-corrected chi connectivity index (χ4v) is 4.18. The van der Waals surface area contributed by atoms with Crippen LogP contribution in [0.25, 0.3) is 11.2 Å². The summed E-state index contributed by atoms with van der Waals surface area (Å²) in [4.78, 5) is 25.3. The van der Waals surface area contributed by atoms with Crippen molar-refractivity contribution in [3.05, 3.63) is 11.6 Å². The number of aromatic nitrogens is 4. The number of anilines is 1. The summed E-state index contributed by atoms with van der Waals surface area (Å²) in [6.07, 6.45) is 10.2. The molecule has 1 aliphatic heterocycles. The highest BCUT2D eigenvalue weighted by atomic mass is 35.5. The molecule has 1 unspecified atom stereocenters. The topological polar surface area (TPSA) is 85.2 Å². The standard InChI is InChI=1S/C18H25ClN6O2/c1-12(26)23-25(13-7-3-2-4-8-13)17-15-16(21-18(19)22-17)24(11-20-15)14-9-5-6-10-27-14/h11,13-14H,2-10H2,1H3,(H,23,26). The number of fused-ring (bicyclic) bond motifs is 1. The normalized spacial score (nSPS) is 21.3. The number of nitrogens with one attached hydrogen (secondary N) is 1. The molecule has 4 rings (SSSR count). The molecule has 8 nitrogen and oxygen atoms in total. The van der Waals surface area contributed by atoms with E-state index >= 15 is 0 Å². The first-order valence-electron chi connectivity index (χ1n) is 9.71. The predicted molar refractivity (Wildman–Crippen MR) is 102 cm³/mol. The Bertz CT molecular complexity index is 814. The summed E-state index contributed by atoms with van der Waals surface area (Å²) in [5, 5.41) is 1.98. The third-order valence-corrected chi connectivity index (χ3v) is 5.46. The molecular weight excluding hydrogens is 368 g/mol. The van der Waals surface area contributed by atoms with E-state index in [1.165, 1.54) is 13.3 Å². The molecule has 2 aromatic rings. The zero-order valence-electron chi connectivity index (χ0n) is 15.5. The fourth-order valence-electron chi connectivity index (χ4n) is 4.02. The lowest BCUT2D eigenvalue weighted by atomic mass is 9.95. The first-order chi connectivity index (χ1) is 13.1. The van der Waals surface area contributed by atoms with Gasteiger partial charge in [-0.15, -0.1) is 0 Å². The number of ether oxygens (including phenoxy) is 1. The van der Waals surface area contributed by atoms with Gasteiger partial charge in [0.25, 0.3) is 0 Å². The monoisotopic (exact) mass is 392 g/mol. The minimum Gasteiger partial charge on any atom is -0.358 e. The van der Waals surface area contributed by atoms with Gasteiger partial charge in [0.2, 0.25) is 11.2 Å². The maximum atomic E-state index is 11.9. The van der Waals surface area contributed by atoms with Gasteiger partial charge < -0.3 is 4.74 Å². The second-order valence-corrected chi connectivity index (χ2v) is 7.63. The highest BCUT2D eigenvalue weighted by Crippen LogP contribution is 2.32. The molecule has 1 atom stereocenters. The van der Waals surface area contributed by atoms with Gasteiger partial charge in [-0.3, -0.25) is 19.8 Å². The van der Waals surface area contributed by atoms with E-state index in [0.717, 1.165) is 51.6 Å². The van der Waals surface area contributed by atoms with Crippen molar-refractivity contribution in [2.75, 3.05) is 11.6 Å². The molecule has 0 spiro atoms. The van der Waals surface area contributed by atoms with Gasteiger partial charge in [-0.05, 0) is 43.7 Å². The molecule has 1 saturated carbocycles. The Morgan fingerprint density at radius 3 is 2.70 bits per heavy atom. The number of amides is 1. The van der Waals surface area contributed by atoms with Crippen molar-refractivity contribution in [2.24, 2.45) is 0 Å². The summed E-state index contributed by atoms with van der Waals surface area (Å²) in [6.45, 7) is 2.24. The summed E-state index contributed by atoms with van der Waals surface area (Å²) < 4.78 is 7.82. The Hall–Kier alpha value is -1.93. The van der Waals surface area contributed by atoms with E-state index in [1.54, 1.807) is 6.33 Å². The second kappa shape index (κ2) is 7.98. The highest BCUT2D eigenvalue weighted by Gasteiger charge is 2.28. The quantitative estimate of drug-likeness (QED) is 0.634. The minimum atomic E-state index is -0.140. The number of imidazole rings is 1. The highest BCUT2D eigenvalue weighted by molar-refractivity contribution is 6.28. The Morgan fingerprint density at radius 1 is 1.22 bits per heavy atom. The van der Waals surface area contributed by atoms with Crippen molar-refractivity contribution in [3.8, 4) is 0 Å². The number of rotatable bonds is 4. The molecular formula is C18H25ClN6O2. The van der Waals surface area contributed by atoms with Crippen molar-refractivity contribution in [1.82, 2.24) is 24.9 Å². The molecule has 2 aliphatic rings. The van der Waals surface area contributed by atoms with Gasteiger partial charge in [0.15, 0.2) is 17.0 Å². The second-order valence-electron chi connectivity index (χ2n) is 7.29. The number of carbonyl (C=O) groups excluding carboxylic acids is 1. The Morgan fingerprint density at radius 2 is 2.00 bits per heavy atom. The van der Waals surface area contributed by atoms with Crippen molar-refractivity contribution in [2.45, 2.75) is 70.6 Å². The maximum Gasteiger partial charge on any atom is 0.235 e.